The van der Waals surface area contributed by atoms with Crippen LogP contribution in [-0.2, 0) is 15.1 Å². The molecule has 2 aromatic rings. The molecule has 14 heteroatoms. The molecular formula is C28H38N8O6. The summed E-state index contributed by atoms with van der Waals surface area (Å²) in [6.07, 6.45) is 9.16. The molecule has 42 heavy (non-hydrogen) atoms. The van der Waals surface area contributed by atoms with Crippen molar-refractivity contribution in [2.75, 3.05) is 38.1 Å². The number of piperazine rings is 1. The van der Waals surface area contributed by atoms with Gasteiger partial charge in [-0.25, -0.2) is 4.79 Å². The average molecular weight is 583 g/mol. The molecular weight excluding hydrogens is 544 g/mol. The van der Waals surface area contributed by atoms with Gasteiger partial charge in [0.2, 0.25) is 11.6 Å². The molecule has 1 aliphatic heterocycles. The van der Waals surface area contributed by atoms with E-state index in [0.717, 1.165) is 19.3 Å². The zero-order valence-corrected chi connectivity index (χ0v) is 24.3. The minimum absolute atomic E-state index is 0.163. The Kier molecular flexibility index (Phi) is 7.17. The molecule has 3 amide bonds. The monoisotopic (exact) mass is 582 g/mol. The average Bonchev–Trinajstić information content (AvgIpc) is 3.57. The van der Waals surface area contributed by atoms with E-state index in [1.807, 2.05) is 0 Å². The van der Waals surface area contributed by atoms with Crippen LogP contribution < -0.4 is 5.32 Å². The van der Waals surface area contributed by atoms with Crippen molar-refractivity contribution >= 4 is 29.3 Å². The first-order valence-electron chi connectivity index (χ1n) is 14.9. The number of anilines is 1. The minimum atomic E-state index is -0.679. The molecule has 0 radical (unpaired) electrons. The highest BCUT2D eigenvalue weighted by atomic mass is 16.6. The lowest BCUT2D eigenvalue weighted by molar-refractivity contribution is -0.385. The van der Waals surface area contributed by atoms with Crippen molar-refractivity contribution in [3.8, 4) is 0 Å². The van der Waals surface area contributed by atoms with Gasteiger partial charge in [-0.05, 0) is 77.0 Å². The molecule has 1 unspecified atom stereocenters. The van der Waals surface area contributed by atoms with Crippen LogP contribution in [0.5, 0.6) is 0 Å². The van der Waals surface area contributed by atoms with Gasteiger partial charge in [0.05, 0.1) is 28.5 Å². The Balaban J connectivity index is 1.15. The van der Waals surface area contributed by atoms with E-state index in [9.17, 15) is 24.5 Å². The van der Waals surface area contributed by atoms with Gasteiger partial charge in [-0.1, -0.05) is 0 Å². The van der Waals surface area contributed by atoms with Crippen molar-refractivity contribution in [3.05, 3.63) is 33.9 Å². The van der Waals surface area contributed by atoms with E-state index in [2.05, 4.69) is 15.5 Å². The van der Waals surface area contributed by atoms with Crippen molar-refractivity contribution in [3.63, 3.8) is 0 Å². The van der Waals surface area contributed by atoms with Gasteiger partial charge >= 0.3 is 11.8 Å². The zero-order valence-electron chi connectivity index (χ0n) is 24.3. The first kappa shape index (κ1) is 28.2. The Morgan fingerprint density at radius 2 is 1.64 bits per heavy atom. The van der Waals surface area contributed by atoms with Gasteiger partial charge in [-0.15, -0.1) is 0 Å². The quantitative estimate of drug-likeness (QED) is 0.385. The molecule has 2 aromatic heterocycles. The highest BCUT2D eigenvalue weighted by Crippen LogP contribution is 2.58. The molecule has 226 valence electrons. The summed E-state index contributed by atoms with van der Waals surface area (Å²) in [5.41, 5.74) is 0.0465. The van der Waals surface area contributed by atoms with Crippen LogP contribution in [0.3, 0.4) is 0 Å². The minimum Gasteiger partial charge on any atom is -0.450 e. The van der Waals surface area contributed by atoms with E-state index in [1.54, 1.807) is 41.4 Å². The van der Waals surface area contributed by atoms with Crippen LogP contribution in [0.25, 0.3) is 0 Å². The Morgan fingerprint density at radius 3 is 2.21 bits per heavy atom. The number of nitrogens with zero attached hydrogens (tertiary/aromatic N) is 7. The number of hydrogen-bond acceptors (Lipinski definition) is 8. The van der Waals surface area contributed by atoms with Gasteiger partial charge in [0.15, 0.2) is 0 Å². The number of rotatable bonds is 7. The van der Waals surface area contributed by atoms with Crippen molar-refractivity contribution in [1.82, 2.24) is 29.4 Å². The van der Waals surface area contributed by atoms with Gasteiger partial charge in [0.25, 0.3) is 5.91 Å². The second-order valence-corrected chi connectivity index (χ2v) is 12.5. The second-order valence-electron chi connectivity index (χ2n) is 12.5. The van der Waals surface area contributed by atoms with Crippen LogP contribution >= 0.6 is 0 Å². The lowest BCUT2D eigenvalue weighted by Crippen LogP contribution is -2.52. The van der Waals surface area contributed by atoms with E-state index < -0.39 is 16.9 Å². The Hall–Kier alpha value is -3.97. The number of ether oxygens (including phenoxy) is 1. The number of hydrogen-bond donors (Lipinski definition) is 1. The summed E-state index contributed by atoms with van der Waals surface area (Å²) in [6.45, 7) is 6.98. The smallest absolute Gasteiger partial charge is 0.409 e. The Bertz CT molecular complexity index is 1370. The molecule has 0 aromatic carbocycles. The lowest BCUT2D eigenvalue weighted by Gasteiger charge is -2.56. The maximum atomic E-state index is 13.4. The van der Waals surface area contributed by atoms with Crippen LogP contribution in [0.2, 0.25) is 0 Å². The van der Waals surface area contributed by atoms with Gasteiger partial charge in [-0.2, -0.15) is 10.2 Å². The Morgan fingerprint density at radius 1 is 1.05 bits per heavy atom. The molecule has 4 bridgehead atoms. The predicted molar refractivity (Wildman–Crippen MR) is 150 cm³/mol. The summed E-state index contributed by atoms with van der Waals surface area (Å²) in [5.74, 6) is 1.02. The summed E-state index contributed by atoms with van der Waals surface area (Å²) in [4.78, 5) is 53.2. The van der Waals surface area contributed by atoms with Crippen LogP contribution in [0.15, 0.2) is 12.4 Å². The summed E-state index contributed by atoms with van der Waals surface area (Å²) in [7, 11) is 0. The number of aryl methyl sites for hydroxylation is 1. The van der Waals surface area contributed by atoms with Crippen molar-refractivity contribution in [1.29, 1.82) is 0 Å². The maximum absolute atomic E-state index is 13.4. The second kappa shape index (κ2) is 10.7. The van der Waals surface area contributed by atoms with E-state index in [-0.39, 0.29) is 28.9 Å². The molecule has 4 aliphatic carbocycles. The maximum Gasteiger partial charge on any atom is 0.409 e. The van der Waals surface area contributed by atoms with Gasteiger partial charge < -0.3 is 19.9 Å². The normalized spacial score (nSPS) is 27.2. The van der Waals surface area contributed by atoms with Gasteiger partial charge in [-0.3, -0.25) is 29.1 Å². The topological polar surface area (TPSA) is 158 Å². The molecule has 3 heterocycles. The van der Waals surface area contributed by atoms with E-state index in [0.29, 0.717) is 61.9 Å². The fraction of sp³-hybridized carbons (Fsp3) is 0.679. The van der Waals surface area contributed by atoms with Gasteiger partial charge in [0.1, 0.15) is 12.2 Å². The van der Waals surface area contributed by atoms with Crippen LogP contribution in [0.1, 0.15) is 74.6 Å². The van der Waals surface area contributed by atoms with E-state index in [4.69, 9.17) is 4.74 Å². The highest BCUT2D eigenvalue weighted by molar-refractivity contribution is 6.05. The lowest BCUT2D eigenvalue weighted by atomic mass is 9.53. The van der Waals surface area contributed by atoms with Crippen LogP contribution in [-0.4, -0.2) is 85.0 Å². The van der Waals surface area contributed by atoms with E-state index in [1.165, 1.54) is 30.1 Å². The summed E-state index contributed by atoms with van der Waals surface area (Å²) < 4.78 is 8.25. The molecule has 5 aliphatic rings. The van der Waals surface area contributed by atoms with E-state index >= 15 is 0 Å². The number of amides is 3. The molecule has 1 saturated heterocycles. The molecule has 14 nitrogen and oxygen atoms in total. The number of nitro groups is 1. The SMILES string of the molecule is CCOC(=O)N1CCN(C(=O)C(C)n2cc(NC(=O)c3nn(C45CC6CC(CC(C6)C4)C5)cc3[N+](=O)[O-])c(C)n2)CC1. The number of nitrogens with one attached hydrogen (secondary N) is 1. The third kappa shape index (κ3) is 5.00. The Labute approximate surface area is 243 Å². The zero-order chi connectivity index (χ0) is 29.8. The molecule has 7 rings (SSSR count). The fourth-order valence-corrected chi connectivity index (χ4v) is 7.93. The predicted octanol–water partition coefficient (Wildman–Crippen LogP) is 3.34. The first-order valence-corrected chi connectivity index (χ1v) is 14.9. The van der Waals surface area contributed by atoms with Crippen LogP contribution in [0.4, 0.5) is 16.2 Å². The molecule has 1 atom stereocenters. The number of aromatic nitrogens is 4. The molecule has 0 spiro atoms. The summed E-state index contributed by atoms with van der Waals surface area (Å²) in [5, 5.41) is 23.7. The molecule has 5 fully saturated rings. The van der Waals surface area contributed by atoms with Gasteiger partial charge in [0, 0.05) is 32.4 Å². The number of carbonyl (C=O) groups is 3. The molecule has 4 saturated carbocycles. The highest BCUT2D eigenvalue weighted by Gasteiger charge is 2.53. The third-order valence-electron chi connectivity index (χ3n) is 9.63. The molecule has 1 N–H and O–H groups in total. The fourth-order valence-electron chi connectivity index (χ4n) is 7.93. The largest absolute Gasteiger partial charge is 0.450 e. The van der Waals surface area contributed by atoms with Crippen LogP contribution in [0, 0.1) is 34.8 Å². The van der Waals surface area contributed by atoms with Crippen molar-refractivity contribution < 1.29 is 24.0 Å². The third-order valence-corrected chi connectivity index (χ3v) is 9.63. The van der Waals surface area contributed by atoms with Crippen molar-refractivity contribution in [2.45, 2.75) is 70.9 Å². The van der Waals surface area contributed by atoms with Crippen molar-refractivity contribution in [2.24, 2.45) is 17.8 Å². The summed E-state index contributed by atoms with van der Waals surface area (Å²) in [6, 6.07) is -0.659. The summed E-state index contributed by atoms with van der Waals surface area (Å²) >= 11 is 0. The first-order chi connectivity index (χ1) is 20.1. The standard InChI is InChI=1S/C28H38N8O6/c1-4-42-27(39)33-7-5-32(6-8-33)26(38)18(3)34-15-22(17(2)30-34)29-25(37)24-23(36(40)41)16-35(31-24)28-12-19-9-20(13-28)11-21(10-19)14-28/h15-16,18-21H,4-14H2,1-3H3,(H,29,37). The number of carbonyl (C=O) groups excluding carboxylic acids is 3.